The number of ether oxygens (including phenoxy) is 2. The molecule has 0 aliphatic heterocycles. The van der Waals surface area contributed by atoms with E-state index in [1.807, 2.05) is 6.92 Å². The first-order chi connectivity index (χ1) is 11.0. The summed E-state index contributed by atoms with van der Waals surface area (Å²) >= 11 is 0. The minimum Gasteiger partial charge on any atom is -0.492 e. The molecule has 124 valence electrons. The standard InChI is InChI=1S/C16H18FNO4S/c1-2-21-16-6-4-3-5-15(16)18-23(19,20)12-11-22-14-9-7-13(17)8-10-14/h3-10,18H,2,11-12H2,1H3. The predicted octanol–water partition coefficient (Wildman–Crippen LogP) is 3.05. The van der Waals surface area contributed by atoms with E-state index >= 15 is 0 Å². The molecule has 0 fully saturated rings. The molecule has 23 heavy (non-hydrogen) atoms. The molecule has 2 aromatic rings. The molecule has 0 aliphatic rings. The number of sulfonamides is 1. The molecule has 0 saturated heterocycles. The predicted molar refractivity (Wildman–Crippen MR) is 86.9 cm³/mol. The van der Waals surface area contributed by atoms with Gasteiger partial charge < -0.3 is 9.47 Å². The molecule has 0 bridgehead atoms. The quantitative estimate of drug-likeness (QED) is 0.803. The summed E-state index contributed by atoms with van der Waals surface area (Å²) < 4.78 is 50.1. The Hall–Kier alpha value is -2.28. The highest BCUT2D eigenvalue weighted by Crippen LogP contribution is 2.24. The highest BCUT2D eigenvalue weighted by Gasteiger charge is 2.13. The molecule has 0 atom stereocenters. The van der Waals surface area contributed by atoms with E-state index in [2.05, 4.69) is 4.72 Å². The topological polar surface area (TPSA) is 64.6 Å². The van der Waals surface area contributed by atoms with Crippen molar-refractivity contribution >= 4 is 15.7 Å². The van der Waals surface area contributed by atoms with Gasteiger partial charge in [-0.05, 0) is 43.3 Å². The summed E-state index contributed by atoms with van der Waals surface area (Å²) in [5, 5.41) is 0. The molecule has 7 heteroatoms. The van der Waals surface area contributed by atoms with Crippen LogP contribution in [0.4, 0.5) is 10.1 Å². The van der Waals surface area contributed by atoms with E-state index in [4.69, 9.17) is 9.47 Å². The Labute approximate surface area is 135 Å². The lowest BCUT2D eigenvalue weighted by atomic mass is 10.3. The van der Waals surface area contributed by atoms with E-state index in [9.17, 15) is 12.8 Å². The third-order valence-electron chi connectivity index (χ3n) is 2.89. The molecule has 1 N–H and O–H groups in total. The summed E-state index contributed by atoms with van der Waals surface area (Å²) in [5.74, 6) is 0.277. The van der Waals surface area contributed by atoms with Crippen molar-refractivity contribution in [1.29, 1.82) is 0 Å². The van der Waals surface area contributed by atoms with Gasteiger partial charge in [0.15, 0.2) is 0 Å². The Morgan fingerprint density at radius 1 is 1.04 bits per heavy atom. The van der Waals surface area contributed by atoms with Gasteiger partial charge in [-0.3, -0.25) is 4.72 Å². The fourth-order valence-electron chi connectivity index (χ4n) is 1.85. The van der Waals surface area contributed by atoms with Crippen molar-refractivity contribution in [2.45, 2.75) is 6.92 Å². The molecular formula is C16H18FNO4S. The van der Waals surface area contributed by atoms with Crippen molar-refractivity contribution in [3.8, 4) is 11.5 Å². The highest BCUT2D eigenvalue weighted by atomic mass is 32.2. The normalized spacial score (nSPS) is 11.0. The maximum Gasteiger partial charge on any atom is 0.236 e. The molecular weight excluding hydrogens is 321 g/mol. The van der Waals surface area contributed by atoms with Gasteiger partial charge in [-0.15, -0.1) is 0 Å². The second-order valence-corrected chi connectivity index (χ2v) is 6.49. The van der Waals surface area contributed by atoms with Crippen molar-refractivity contribution in [3.05, 3.63) is 54.3 Å². The van der Waals surface area contributed by atoms with Crippen LogP contribution in [0.15, 0.2) is 48.5 Å². The Bertz CT molecular complexity index is 732. The summed E-state index contributed by atoms with van der Waals surface area (Å²) in [6.45, 7) is 2.21. The van der Waals surface area contributed by atoms with Crippen molar-refractivity contribution in [2.75, 3.05) is 23.7 Å². The zero-order valence-electron chi connectivity index (χ0n) is 12.7. The Balaban J connectivity index is 1.93. The first-order valence-corrected chi connectivity index (χ1v) is 8.76. The van der Waals surface area contributed by atoms with Crippen LogP contribution in [0.3, 0.4) is 0 Å². The van der Waals surface area contributed by atoms with E-state index in [0.29, 0.717) is 23.8 Å². The molecule has 0 spiro atoms. The lowest BCUT2D eigenvalue weighted by molar-refractivity contribution is 0.339. The molecule has 0 amide bonds. The van der Waals surface area contributed by atoms with Crippen LogP contribution in [0.5, 0.6) is 11.5 Å². The van der Waals surface area contributed by atoms with Gasteiger partial charge in [-0.1, -0.05) is 12.1 Å². The van der Waals surface area contributed by atoms with Gasteiger partial charge in [0.1, 0.15) is 29.7 Å². The molecule has 2 aromatic carbocycles. The summed E-state index contributed by atoms with van der Waals surface area (Å²) in [4.78, 5) is 0. The van der Waals surface area contributed by atoms with Crippen LogP contribution in [0.25, 0.3) is 0 Å². The molecule has 0 unspecified atom stereocenters. The Morgan fingerprint density at radius 3 is 2.43 bits per heavy atom. The third kappa shape index (κ3) is 5.45. The Morgan fingerprint density at radius 2 is 1.74 bits per heavy atom. The van der Waals surface area contributed by atoms with Crippen molar-refractivity contribution in [3.63, 3.8) is 0 Å². The number of anilines is 1. The van der Waals surface area contributed by atoms with Crippen LogP contribution in [-0.2, 0) is 10.0 Å². The molecule has 0 aliphatic carbocycles. The lowest BCUT2D eigenvalue weighted by Crippen LogP contribution is -2.21. The number of rotatable bonds is 8. The van der Waals surface area contributed by atoms with Gasteiger partial charge in [-0.25, -0.2) is 12.8 Å². The van der Waals surface area contributed by atoms with Gasteiger partial charge >= 0.3 is 0 Å². The fraction of sp³-hybridized carbons (Fsp3) is 0.250. The average molecular weight is 339 g/mol. The van der Waals surface area contributed by atoms with Gasteiger partial charge in [0, 0.05) is 0 Å². The van der Waals surface area contributed by atoms with Gasteiger partial charge in [-0.2, -0.15) is 0 Å². The number of nitrogens with one attached hydrogen (secondary N) is 1. The minimum absolute atomic E-state index is 0.0439. The Kier molecular flexibility index (Phi) is 5.81. The van der Waals surface area contributed by atoms with Crippen LogP contribution in [0.2, 0.25) is 0 Å². The van der Waals surface area contributed by atoms with Crippen LogP contribution < -0.4 is 14.2 Å². The van der Waals surface area contributed by atoms with E-state index in [-0.39, 0.29) is 18.2 Å². The molecule has 0 heterocycles. The first kappa shape index (κ1) is 17.1. The highest BCUT2D eigenvalue weighted by molar-refractivity contribution is 7.92. The number of benzene rings is 2. The van der Waals surface area contributed by atoms with Gasteiger partial charge in [0.25, 0.3) is 0 Å². The smallest absolute Gasteiger partial charge is 0.236 e. The maximum absolute atomic E-state index is 12.8. The summed E-state index contributed by atoms with van der Waals surface area (Å²) in [6.07, 6.45) is 0. The molecule has 0 saturated carbocycles. The monoisotopic (exact) mass is 339 g/mol. The fourth-order valence-corrected chi connectivity index (χ4v) is 2.76. The van der Waals surface area contributed by atoms with Crippen molar-refractivity contribution in [2.24, 2.45) is 0 Å². The molecule has 0 aromatic heterocycles. The van der Waals surface area contributed by atoms with Crippen molar-refractivity contribution in [1.82, 2.24) is 0 Å². The van der Waals surface area contributed by atoms with Crippen LogP contribution >= 0.6 is 0 Å². The maximum atomic E-state index is 12.8. The largest absolute Gasteiger partial charge is 0.492 e. The first-order valence-electron chi connectivity index (χ1n) is 7.11. The van der Waals surface area contributed by atoms with E-state index in [0.717, 1.165) is 0 Å². The number of hydrogen-bond donors (Lipinski definition) is 1. The number of hydrogen-bond acceptors (Lipinski definition) is 4. The second-order valence-electron chi connectivity index (χ2n) is 4.65. The molecule has 0 radical (unpaired) electrons. The van der Waals surface area contributed by atoms with Crippen LogP contribution in [0.1, 0.15) is 6.92 Å². The van der Waals surface area contributed by atoms with Crippen LogP contribution in [0, 0.1) is 5.82 Å². The summed E-state index contributed by atoms with van der Waals surface area (Å²) in [5.41, 5.74) is 0.385. The SMILES string of the molecule is CCOc1ccccc1NS(=O)(=O)CCOc1ccc(F)cc1. The van der Waals surface area contributed by atoms with E-state index in [1.165, 1.54) is 24.3 Å². The molecule has 2 rings (SSSR count). The summed E-state index contributed by atoms with van der Waals surface area (Å²) in [7, 11) is -3.58. The number of halogens is 1. The zero-order chi connectivity index (χ0) is 16.7. The minimum atomic E-state index is -3.58. The van der Waals surface area contributed by atoms with Gasteiger partial charge in [0.05, 0.1) is 12.3 Å². The lowest BCUT2D eigenvalue weighted by Gasteiger charge is -2.13. The van der Waals surface area contributed by atoms with E-state index in [1.54, 1.807) is 24.3 Å². The zero-order valence-corrected chi connectivity index (χ0v) is 13.5. The third-order valence-corrected chi connectivity index (χ3v) is 4.12. The van der Waals surface area contributed by atoms with Crippen LogP contribution in [-0.4, -0.2) is 27.4 Å². The molecule has 5 nitrogen and oxygen atoms in total. The average Bonchev–Trinajstić information content (AvgIpc) is 2.51. The van der Waals surface area contributed by atoms with Gasteiger partial charge in [0.2, 0.25) is 10.0 Å². The number of para-hydroxylation sites is 2. The summed E-state index contributed by atoms with van der Waals surface area (Å²) in [6, 6.07) is 12.2. The van der Waals surface area contributed by atoms with Crippen molar-refractivity contribution < 1.29 is 22.3 Å². The van der Waals surface area contributed by atoms with E-state index < -0.39 is 10.0 Å². The second kappa shape index (κ2) is 7.82.